The molecule has 8 heteroatoms. The number of likely N-dealkylation sites (tertiary alicyclic amines) is 1. The van der Waals surface area contributed by atoms with Gasteiger partial charge in [0.2, 0.25) is 11.8 Å². The van der Waals surface area contributed by atoms with E-state index in [1.165, 1.54) is 16.2 Å². The summed E-state index contributed by atoms with van der Waals surface area (Å²) in [5.74, 6) is -0.446. The fourth-order valence-corrected chi connectivity index (χ4v) is 2.69. The van der Waals surface area contributed by atoms with Crippen molar-refractivity contribution < 1.29 is 19.1 Å². The molecule has 1 N–H and O–H groups in total. The first kappa shape index (κ1) is 15.6. The minimum Gasteiger partial charge on any atom is -0.378 e. The van der Waals surface area contributed by atoms with Gasteiger partial charge in [0.15, 0.2) is 0 Å². The van der Waals surface area contributed by atoms with Crippen LogP contribution in [-0.2, 0) is 14.3 Å². The number of carbonyl (C=O) groups excluding carboxylic acids is 3. The van der Waals surface area contributed by atoms with Gasteiger partial charge in [0.05, 0.1) is 31.0 Å². The van der Waals surface area contributed by atoms with Gasteiger partial charge >= 0.3 is 0 Å². The lowest BCUT2D eigenvalue weighted by atomic mass is 10.4. The largest absolute Gasteiger partial charge is 0.378 e. The Morgan fingerprint density at radius 1 is 1.38 bits per heavy atom. The molecular formula is C13H17N3O4S. The number of hydrogen-bond donors (Lipinski definition) is 1. The summed E-state index contributed by atoms with van der Waals surface area (Å²) in [4.78, 5) is 40.3. The van der Waals surface area contributed by atoms with Crippen molar-refractivity contribution in [3.8, 4) is 0 Å². The van der Waals surface area contributed by atoms with Crippen LogP contribution >= 0.6 is 11.3 Å². The summed E-state index contributed by atoms with van der Waals surface area (Å²) in [6, 6.07) is 0. The van der Waals surface area contributed by atoms with Crippen LogP contribution in [0.5, 0.6) is 0 Å². The molecule has 1 fully saturated rings. The highest BCUT2D eigenvalue weighted by molar-refractivity contribution is 7.11. The Bertz CT molecular complexity index is 527. The standard InChI is InChI=1S/C13H17N3O4S/c1-9-12(21-8-15-9)13(19)14-4-6-20-7-5-16-10(17)2-3-11(16)18/h8H,2-7H2,1H3,(H,14,19). The molecule has 0 unspecified atom stereocenters. The highest BCUT2D eigenvalue weighted by Crippen LogP contribution is 2.11. The van der Waals surface area contributed by atoms with E-state index in [0.717, 1.165) is 0 Å². The summed E-state index contributed by atoms with van der Waals surface area (Å²) >= 11 is 1.30. The number of ether oxygens (including phenoxy) is 1. The number of carbonyl (C=O) groups is 3. The smallest absolute Gasteiger partial charge is 0.263 e. The maximum atomic E-state index is 11.8. The summed E-state index contributed by atoms with van der Waals surface area (Å²) in [5, 5.41) is 2.73. The summed E-state index contributed by atoms with van der Waals surface area (Å²) < 4.78 is 5.32. The lowest BCUT2D eigenvalue weighted by Gasteiger charge is -2.13. The van der Waals surface area contributed by atoms with Crippen LogP contribution in [0.4, 0.5) is 0 Å². The van der Waals surface area contributed by atoms with Crippen molar-refractivity contribution in [2.45, 2.75) is 19.8 Å². The van der Waals surface area contributed by atoms with Crippen LogP contribution in [0.25, 0.3) is 0 Å². The van der Waals surface area contributed by atoms with E-state index in [-0.39, 0.29) is 30.9 Å². The number of rotatable bonds is 7. The number of thiazole rings is 1. The third kappa shape index (κ3) is 4.08. The van der Waals surface area contributed by atoms with Gasteiger partial charge in [-0.2, -0.15) is 0 Å². The van der Waals surface area contributed by atoms with Gasteiger partial charge in [-0.1, -0.05) is 0 Å². The molecule has 21 heavy (non-hydrogen) atoms. The SMILES string of the molecule is Cc1ncsc1C(=O)NCCOCCN1C(=O)CCC1=O. The number of nitrogens with zero attached hydrogens (tertiary/aromatic N) is 2. The van der Waals surface area contributed by atoms with E-state index in [1.54, 1.807) is 12.4 Å². The normalized spacial score (nSPS) is 14.8. The van der Waals surface area contributed by atoms with Gasteiger partial charge in [-0.05, 0) is 6.92 Å². The van der Waals surface area contributed by atoms with Crippen LogP contribution in [0.3, 0.4) is 0 Å². The maximum Gasteiger partial charge on any atom is 0.263 e. The van der Waals surface area contributed by atoms with E-state index < -0.39 is 0 Å². The van der Waals surface area contributed by atoms with E-state index in [2.05, 4.69) is 10.3 Å². The number of amides is 3. The maximum absolute atomic E-state index is 11.8. The molecule has 114 valence electrons. The third-order valence-electron chi connectivity index (χ3n) is 3.10. The van der Waals surface area contributed by atoms with Gasteiger partial charge in [-0.3, -0.25) is 19.3 Å². The van der Waals surface area contributed by atoms with Crippen LogP contribution < -0.4 is 5.32 Å². The molecule has 7 nitrogen and oxygen atoms in total. The average Bonchev–Trinajstić information content (AvgIpc) is 3.01. The van der Waals surface area contributed by atoms with E-state index >= 15 is 0 Å². The fraction of sp³-hybridized carbons (Fsp3) is 0.538. The van der Waals surface area contributed by atoms with Gasteiger partial charge in [0, 0.05) is 19.4 Å². The predicted molar refractivity (Wildman–Crippen MR) is 76.0 cm³/mol. The molecule has 0 bridgehead atoms. The van der Waals surface area contributed by atoms with Gasteiger partial charge < -0.3 is 10.1 Å². The molecule has 0 spiro atoms. The molecule has 1 aliphatic rings. The summed E-state index contributed by atoms with van der Waals surface area (Å²) in [6.07, 6.45) is 0.589. The summed E-state index contributed by atoms with van der Waals surface area (Å²) in [7, 11) is 0. The zero-order valence-electron chi connectivity index (χ0n) is 11.8. The quantitative estimate of drug-likeness (QED) is 0.580. The van der Waals surface area contributed by atoms with Crippen LogP contribution in [0, 0.1) is 6.92 Å². The van der Waals surface area contributed by atoms with Crippen LogP contribution in [0.2, 0.25) is 0 Å². The van der Waals surface area contributed by atoms with Crippen molar-refractivity contribution in [1.82, 2.24) is 15.2 Å². The van der Waals surface area contributed by atoms with Crippen molar-refractivity contribution in [2.24, 2.45) is 0 Å². The minimum absolute atomic E-state index is 0.141. The molecule has 1 aromatic heterocycles. The zero-order chi connectivity index (χ0) is 15.2. The van der Waals surface area contributed by atoms with Crippen molar-refractivity contribution >= 4 is 29.1 Å². The minimum atomic E-state index is -0.163. The number of nitrogens with one attached hydrogen (secondary N) is 1. The lowest BCUT2D eigenvalue weighted by molar-refractivity contribution is -0.139. The van der Waals surface area contributed by atoms with Crippen LogP contribution in [0.1, 0.15) is 28.2 Å². The Balaban J connectivity index is 1.58. The third-order valence-corrected chi connectivity index (χ3v) is 4.03. The number of aromatic nitrogens is 1. The van der Waals surface area contributed by atoms with E-state index in [0.29, 0.717) is 36.6 Å². The van der Waals surface area contributed by atoms with Gasteiger partial charge in [0.25, 0.3) is 5.91 Å². The molecule has 1 aromatic rings. The summed E-state index contributed by atoms with van der Waals surface area (Å²) in [6.45, 7) is 3.05. The molecule has 0 aromatic carbocycles. The fourth-order valence-electron chi connectivity index (χ4n) is 1.97. The topological polar surface area (TPSA) is 88.6 Å². The number of aryl methyl sites for hydroxylation is 1. The number of imide groups is 1. The molecule has 1 saturated heterocycles. The van der Waals surface area contributed by atoms with Gasteiger partial charge in [-0.15, -0.1) is 11.3 Å². The van der Waals surface area contributed by atoms with Gasteiger partial charge in [0.1, 0.15) is 4.88 Å². The molecule has 0 radical (unpaired) electrons. The second-order valence-corrected chi connectivity index (χ2v) is 5.43. The Labute approximate surface area is 126 Å². The zero-order valence-corrected chi connectivity index (χ0v) is 12.6. The molecule has 0 aliphatic carbocycles. The van der Waals surface area contributed by atoms with Gasteiger partial charge in [-0.25, -0.2) is 4.98 Å². The Morgan fingerprint density at radius 2 is 2.10 bits per heavy atom. The van der Waals surface area contributed by atoms with Crippen LogP contribution in [0.15, 0.2) is 5.51 Å². The Hall–Kier alpha value is -1.80. The molecule has 3 amide bonds. The molecule has 0 atom stereocenters. The first-order chi connectivity index (χ1) is 10.1. The van der Waals surface area contributed by atoms with Crippen molar-refractivity contribution in [2.75, 3.05) is 26.3 Å². The Kier molecular flexibility index (Phi) is 5.40. The number of hydrogen-bond acceptors (Lipinski definition) is 6. The second kappa shape index (κ2) is 7.28. The van der Waals surface area contributed by atoms with E-state index in [1.807, 2.05) is 0 Å². The van der Waals surface area contributed by atoms with Crippen molar-refractivity contribution in [3.63, 3.8) is 0 Å². The molecule has 2 heterocycles. The highest BCUT2D eigenvalue weighted by atomic mass is 32.1. The molecule has 0 saturated carbocycles. The highest BCUT2D eigenvalue weighted by Gasteiger charge is 2.28. The summed E-state index contributed by atoms with van der Waals surface area (Å²) in [5.41, 5.74) is 2.34. The monoisotopic (exact) mass is 311 g/mol. The lowest BCUT2D eigenvalue weighted by Crippen LogP contribution is -2.33. The molecule has 2 rings (SSSR count). The first-order valence-electron chi connectivity index (χ1n) is 6.69. The predicted octanol–water partition coefficient (Wildman–Crippen LogP) is 0.347. The van der Waals surface area contributed by atoms with Crippen molar-refractivity contribution in [1.29, 1.82) is 0 Å². The average molecular weight is 311 g/mol. The second-order valence-electron chi connectivity index (χ2n) is 4.57. The molecular weight excluding hydrogens is 294 g/mol. The van der Waals surface area contributed by atoms with Crippen molar-refractivity contribution in [3.05, 3.63) is 16.1 Å². The van der Waals surface area contributed by atoms with Crippen LogP contribution in [-0.4, -0.2) is 53.9 Å². The van der Waals surface area contributed by atoms with E-state index in [9.17, 15) is 14.4 Å². The van der Waals surface area contributed by atoms with E-state index in [4.69, 9.17) is 4.74 Å². The molecule has 1 aliphatic heterocycles. The Morgan fingerprint density at radius 3 is 2.71 bits per heavy atom. The first-order valence-corrected chi connectivity index (χ1v) is 7.57.